The molecule has 0 amide bonds. The van der Waals surface area contributed by atoms with Crippen LogP contribution in [-0.2, 0) is 23.0 Å². The lowest BCUT2D eigenvalue weighted by Crippen LogP contribution is -2.37. The van der Waals surface area contributed by atoms with Crippen LogP contribution in [0.3, 0.4) is 0 Å². The van der Waals surface area contributed by atoms with Gasteiger partial charge in [0.1, 0.15) is 0 Å². The van der Waals surface area contributed by atoms with Crippen molar-refractivity contribution in [2.45, 2.75) is 17.9 Å². The molecule has 1 aromatic carbocycles. The van der Waals surface area contributed by atoms with E-state index in [1.165, 1.54) is 11.9 Å². The average Bonchev–Trinajstić information content (AvgIpc) is 3.11. The zero-order valence-electron chi connectivity index (χ0n) is 14.2. The van der Waals surface area contributed by atoms with Gasteiger partial charge in [0.05, 0.1) is 4.90 Å². The maximum absolute atomic E-state index is 11.7. The molecule has 25 heavy (non-hydrogen) atoms. The minimum Gasteiger partial charge on any atom is -0.356 e. The summed E-state index contributed by atoms with van der Waals surface area (Å²) < 4.78 is 25.7. The number of nitrogens with zero attached hydrogens (tertiary/aromatic N) is 1. The van der Waals surface area contributed by atoms with E-state index in [1.807, 2.05) is 6.07 Å². The summed E-state index contributed by atoms with van der Waals surface area (Å²) in [6.07, 6.45) is 0.953. The van der Waals surface area contributed by atoms with Gasteiger partial charge in [-0.3, -0.25) is 4.99 Å². The number of halogens is 1. The largest absolute Gasteiger partial charge is 0.356 e. The maximum atomic E-state index is 11.7. The Kier molecular flexibility index (Phi) is 9.39. The standard InChI is InChI=1S/C16H22N4O2S2.HI/c1-17-16(19-10-9-14-4-3-11-23-14)20-12-13-5-7-15(8-6-13)24(21,22)18-2;/h3-8,11,18H,9-10,12H2,1-2H3,(H2,17,19,20);1H. The number of nitrogens with one attached hydrogen (secondary N) is 3. The third-order valence-electron chi connectivity index (χ3n) is 3.43. The second kappa shape index (κ2) is 10.7. The summed E-state index contributed by atoms with van der Waals surface area (Å²) in [5, 5.41) is 8.55. The zero-order valence-corrected chi connectivity index (χ0v) is 18.1. The van der Waals surface area contributed by atoms with Gasteiger partial charge in [0.25, 0.3) is 0 Å². The number of thiophene rings is 1. The molecule has 0 radical (unpaired) electrons. The molecule has 0 saturated carbocycles. The van der Waals surface area contributed by atoms with Crippen LogP contribution in [0.5, 0.6) is 0 Å². The predicted octanol–water partition coefficient (Wildman–Crippen LogP) is 2.18. The molecule has 0 aliphatic carbocycles. The minimum atomic E-state index is -3.39. The Morgan fingerprint density at radius 2 is 1.88 bits per heavy atom. The van der Waals surface area contributed by atoms with E-state index < -0.39 is 10.0 Å². The molecule has 0 saturated heterocycles. The fourth-order valence-corrected chi connectivity index (χ4v) is 3.51. The van der Waals surface area contributed by atoms with Gasteiger partial charge >= 0.3 is 0 Å². The molecular weight excluding hydrogens is 471 g/mol. The Labute approximate surface area is 170 Å². The van der Waals surface area contributed by atoms with Gasteiger partial charge in [-0.2, -0.15) is 0 Å². The first-order chi connectivity index (χ1) is 11.5. The summed E-state index contributed by atoms with van der Waals surface area (Å²) in [4.78, 5) is 5.77. The second-order valence-electron chi connectivity index (χ2n) is 5.03. The summed E-state index contributed by atoms with van der Waals surface area (Å²) in [5.74, 6) is 0.721. The maximum Gasteiger partial charge on any atom is 0.240 e. The third-order valence-corrected chi connectivity index (χ3v) is 5.80. The van der Waals surface area contributed by atoms with Crippen LogP contribution >= 0.6 is 35.3 Å². The van der Waals surface area contributed by atoms with Crippen LogP contribution in [0.25, 0.3) is 0 Å². The quantitative estimate of drug-likeness (QED) is 0.313. The highest BCUT2D eigenvalue weighted by Crippen LogP contribution is 2.10. The van der Waals surface area contributed by atoms with Gasteiger partial charge < -0.3 is 10.6 Å². The molecule has 0 aliphatic heterocycles. The molecule has 6 nitrogen and oxygen atoms in total. The summed E-state index contributed by atoms with van der Waals surface area (Å²) in [7, 11) is -0.265. The molecule has 1 heterocycles. The molecule has 1 aromatic heterocycles. The molecule has 3 N–H and O–H groups in total. The van der Waals surface area contributed by atoms with Gasteiger partial charge in [-0.25, -0.2) is 13.1 Å². The van der Waals surface area contributed by atoms with Gasteiger partial charge in [0, 0.05) is 25.0 Å². The van der Waals surface area contributed by atoms with Gasteiger partial charge in [-0.05, 0) is 42.6 Å². The number of rotatable bonds is 7. The van der Waals surface area contributed by atoms with Crippen molar-refractivity contribution in [2.75, 3.05) is 20.6 Å². The average molecular weight is 494 g/mol. The highest BCUT2D eigenvalue weighted by molar-refractivity contribution is 14.0. The van der Waals surface area contributed by atoms with Crippen molar-refractivity contribution in [3.05, 3.63) is 52.2 Å². The van der Waals surface area contributed by atoms with E-state index in [2.05, 4.69) is 31.8 Å². The molecule has 138 valence electrons. The monoisotopic (exact) mass is 494 g/mol. The van der Waals surface area contributed by atoms with E-state index in [9.17, 15) is 8.42 Å². The number of hydrogen-bond donors (Lipinski definition) is 3. The molecule has 0 bridgehead atoms. The molecular formula is C16H23IN4O2S2. The second-order valence-corrected chi connectivity index (χ2v) is 7.95. The number of hydrogen-bond acceptors (Lipinski definition) is 4. The molecule has 9 heteroatoms. The van der Waals surface area contributed by atoms with Crippen LogP contribution in [0.15, 0.2) is 51.7 Å². The first-order valence-corrected chi connectivity index (χ1v) is 9.91. The molecule has 0 fully saturated rings. The molecule has 0 unspecified atom stereocenters. The third kappa shape index (κ3) is 6.92. The van der Waals surface area contributed by atoms with Crippen LogP contribution in [-0.4, -0.2) is 35.0 Å². The van der Waals surface area contributed by atoms with Crippen LogP contribution in [0, 0.1) is 0 Å². The van der Waals surface area contributed by atoms with E-state index in [0.717, 1.165) is 24.5 Å². The van der Waals surface area contributed by atoms with Crippen molar-refractivity contribution in [2.24, 2.45) is 4.99 Å². The Morgan fingerprint density at radius 3 is 2.44 bits per heavy atom. The van der Waals surface area contributed by atoms with Gasteiger partial charge in [0.2, 0.25) is 10.0 Å². The van der Waals surface area contributed by atoms with Crippen molar-refractivity contribution in [1.82, 2.24) is 15.4 Å². The lowest BCUT2D eigenvalue weighted by Gasteiger charge is -2.12. The van der Waals surface area contributed by atoms with Crippen LogP contribution in [0.4, 0.5) is 0 Å². The zero-order chi connectivity index (χ0) is 17.4. The van der Waals surface area contributed by atoms with E-state index in [-0.39, 0.29) is 28.9 Å². The molecule has 0 aliphatic rings. The lowest BCUT2D eigenvalue weighted by molar-refractivity contribution is 0.588. The summed E-state index contributed by atoms with van der Waals surface area (Å²) in [6, 6.07) is 10.9. The van der Waals surface area contributed by atoms with E-state index >= 15 is 0 Å². The van der Waals surface area contributed by atoms with E-state index in [0.29, 0.717) is 6.54 Å². The highest BCUT2D eigenvalue weighted by atomic mass is 127. The SMILES string of the molecule is CN=C(NCCc1cccs1)NCc1ccc(S(=O)(=O)NC)cc1.I. The first kappa shape index (κ1) is 21.9. The van der Waals surface area contributed by atoms with Crippen LogP contribution < -0.4 is 15.4 Å². The summed E-state index contributed by atoms with van der Waals surface area (Å²) >= 11 is 1.74. The first-order valence-electron chi connectivity index (χ1n) is 7.54. The topological polar surface area (TPSA) is 82.6 Å². The molecule has 0 atom stereocenters. The van der Waals surface area contributed by atoms with Gasteiger partial charge in [-0.15, -0.1) is 35.3 Å². The van der Waals surface area contributed by atoms with Gasteiger partial charge in [-0.1, -0.05) is 18.2 Å². The fourth-order valence-electron chi connectivity index (χ4n) is 2.07. The molecule has 2 aromatic rings. The lowest BCUT2D eigenvalue weighted by atomic mass is 10.2. The summed E-state index contributed by atoms with van der Waals surface area (Å²) in [6.45, 7) is 1.37. The predicted molar refractivity (Wildman–Crippen MR) is 114 cm³/mol. The fraction of sp³-hybridized carbons (Fsp3) is 0.312. The number of aliphatic imine (C=N–C) groups is 1. The van der Waals surface area contributed by atoms with Crippen molar-refractivity contribution >= 4 is 51.3 Å². The van der Waals surface area contributed by atoms with Crippen LogP contribution in [0.2, 0.25) is 0 Å². The van der Waals surface area contributed by atoms with E-state index in [4.69, 9.17) is 0 Å². The van der Waals surface area contributed by atoms with Gasteiger partial charge in [0.15, 0.2) is 5.96 Å². The highest BCUT2D eigenvalue weighted by Gasteiger charge is 2.10. The number of benzene rings is 1. The normalized spacial score (nSPS) is 11.7. The van der Waals surface area contributed by atoms with E-state index in [1.54, 1.807) is 42.6 Å². The summed E-state index contributed by atoms with van der Waals surface area (Å²) in [5.41, 5.74) is 0.978. The molecule has 0 spiro atoms. The molecule has 2 rings (SSSR count). The van der Waals surface area contributed by atoms with Crippen molar-refractivity contribution < 1.29 is 8.42 Å². The number of sulfonamides is 1. The van der Waals surface area contributed by atoms with Crippen molar-refractivity contribution in [3.8, 4) is 0 Å². The Morgan fingerprint density at radius 1 is 1.16 bits per heavy atom. The Hall–Kier alpha value is -1.17. The smallest absolute Gasteiger partial charge is 0.240 e. The Bertz CT molecular complexity index is 760. The number of guanidine groups is 1. The van der Waals surface area contributed by atoms with Crippen molar-refractivity contribution in [3.63, 3.8) is 0 Å². The minimum absolute atomic E-state index is 0. The van der Waals surface area contributed by atoms with Crippen molar-refractivity contribution in [1.29, 1.82) is 0 Å². The van der Waals surface area contributed by atoms with Crippen LogP contribution in [0.1, 0.15) is 10.4 Å². The Balaban J connectivity index is 0.00000312.